The number of carbonyl (C=O) groups is 1. The van der Waals surface area contributed by atoms with Gasteiger partial charge >= 0.3 is 0 Å². The Labute approximate surface area is 186 Å². The Morgan fingerprint density at radius 2 is 1.68 bits per heavy atom. The fourth-order valence-electron chi connectivity index (χ4n) is 3.07. The second-order valence-corrected chi connectivity index (χ2v) is 7.69. The van der Waals surface area contributed by atoms with Gasteiger partial charge in [0.2, 0.25) is 0 Å². The number of rotatable bonds is 5. The Kier molecular flexibility index (Phi) is 5.96. The fraction of sp³-hybridized carbons (Fsp3) is 0.0800. The molecule has 0 aliphatic carbocycles. The Morgan fingerprint density at radius 1 is 0.871 bits per heavy atom. The topological polar surface area (TPSA) is 66.9 Å². The number of aryl methyl sites for hydroxylation is 2. The fourth-order valence-corrected chi connectivity index (χ4v) is 3.25. The van der Waals surface area contributed by atoms with Crippen LogP contribution in [0, 0.1) is 13.8 Å². The molecule has 4 rings (SSSR count). The average Bonchev–Trinajstić information content (AvgIpc) is 2.77. The third kappa shape index (κ3) is 5.08. The molecule has 1 aromatic heterocycles. The summed E-state index contributed by atoms with van der Waals surface area (Å²) in [4.78, 5) is 21.3. The molecule has 0 fully saturated rings. The summed E-state index contributed by atoms with van der Waals surface area (Å²) in [6.45, 7) is 3.97. The van der Waals surface area contributed by atoms with Crippen LogP contribution in [-0.2, 0) is 0 Å². The molecule has 0 unspecified atom stereocenters. The first-order valence-corrected chi connectivity index (χ1v) is 10.2. The lowest BCUT2D eigenvalue weighted by molar-refractivity contribution is 0.102. The summed E-state index contributed by atoms with van der Waals surface area (Å²) in [6, 6.07) is 22.7. The third-order valence-electron chi connectivity index (χ3n) is 4.84. The minimum absolute atomic E-state index is 0.216. The van der Waals surface area contributed by atoms with Crippen LogP contribution in [0.3, 0.4) is 0 Å². The number of anilines is 3. The van der Waals surface area contributed by atoms with Gasteiger partial charge in [-0.05, 0) is 49.7 Å². The molecule has 0 radical (unpaired) electrons. The summed E-state index contributed by atoms with van der Waals surface area (Å²) in [5, 5.41) is 6.74. The van der Waals surface area contributed by atoms with Crippen LogP contribution in [0.5, 0.6) is 0 Å². The molecule has 4 aromatic rings. The SMILES string of the molecule is Cc1ccc(-c2cc(Nc3cccc(C(=O)Nc4ccc(C)c(Cl)c4)c3)ncn2)cc1. The van der Waals surface area contributed by atoms with Crippen LogP contribution in [0.1, 0.15) is 21.5 Å². The van der Waals surface area contributed by atoms with Crippen molar-refractivity contribution in [3.05, 3.63) is 101 Å². The lowest BCUT2D eigenvalue weighted by atomic mass is 10.1. The van der Waals surface area contributed by atoms with Crippen molar-refractivity contribution < 1.29 is 4.79 Å². The predicted molar refractivity (Wildman–Crippen MR) is 126 cm³/mol. The maximum atomic E-state index is 12.7. The maximum Gasteiger partial charge on any atom is 0.255 e. The summed E-state index contributed by atoms with van der Waals surface area (Å²) in [5.41, 5.74) is 5.92. The number of carbonyl (C=O) groups excluding carboxylic acids is 1. The number of nitrogens with one attached hydrogen (secondary N) is 2. The number of hydrogen-bond donors (Lipinski definition) is 2. The molecular weight excluding hydrogens is 408 g/mol. The zero-order valence-corrected chi connectivity index (χ0v) is 17.9. The van der Waals surface area contributed by atoms with Crippen LogP contribution in [0.25, 0.3) is 11.3 Å². The van der Waals surface area contributed by atoms with E-state index in [1.165, 1.54) is 11.9 Å². The van der Waals surface area contributed by atoms with Crippen molar-refractivity contribution in [2.75, 3.05) is 10.6 Å². The highest BCUT2D eigenvalue weighted by Crippen LogP contribution is 2.23. The van der Waals surface area contributed by atoms with E-state index in [0.29, 0.717) is 22.1 Å². The quantitative estimate of drug-likeness (QED) is 0.385. The zero-order chi connectivity index (χ0) is 21.8. The van der Waals surface area contributed by atoms with E-state index < -0.39 is 0 Å². The number of amides is 1. The molecule has 6 heteroatoms. The van der Waals surface area contributed by atoms with Gasteiger partial charge in [0.05, 0.1) is 5.69 Å². The van der Waals surface area contributed by atoms with E-state index in [-0.39, 0.29) is 5.91 Å². The largest absolute Gasteiger partial charge is 0.340 e. The number of nitrogens with zero attached hydrogens (tertiary/aromatic N) is 2. The molecule has 0 saturated heterocycles. The molecule has 31 heavy (non-hydrogen) atoms. The van der Waals surface area contributed by atoms with Crippen molar-refractivity contribution in [3.8, 4) is 11.3 Å². The summed E-state index contributed by atoms with van der Waals surface area (Å²) in [5.74, 6) is 0.431. The first-order valence-electron chi connectivity index (χ1n) is 9.81. The first-order chi connectivity index (χ1) is 15.0. The lowest BCUT2D eigenvalue weighted by Crippen LogP contribution is -2.12. The van der Waals surface area contributed by atoms with Crippen molar-refractivity contribution >= 4 is 34.7 Å². The Bertz CT molecular complexity index is 1240. The normalized spacial score (nSPS) is 10.5. The van der Waals surface area contributed by atoms with Crippen LogP contribution in [-0.4, -0.2) is 15.9 Å². The van der Waals surface area contributed by atoms with Gasteiger partial charge in [0.25, 0.3) is 5.91 Å². The van der Waals surface area contributed by atoms with Gasteiger partial charge in [0.15, 0.2) is 0 Å². The number of benzene rings is 3. The molecule has 1 amide bonds. The Morgan fingerprint density at radius 3 is 2.45 bits per heavy atom. The van der Waals surface area contributed by atoms with Crippen molar-refractivity contribution in [1.29, 1.82) is 0 Å². The third-order valence-corrected chi connectivity index (χ3v) is 5.25. The monoisotopic (exact) mass is 428 g/mol. The molecule has 0 saturated carbocycles. The highest BCUT2D eigenvalue weighted by molar-refractivity contribution is 6.31. The molecule has 5 nitrogen and oxygen atoms in total. The molecule has 154 valence electrons. The molecule has 0 atom stereocenters. The van der Waals surface area contributed by atoms with Gasteiger partial charge in [0, 0.05) is 33.6 Å². The zero-order valence-electron chi connectivity index (χ0n) is 17.2. The summed E-state index contributed by atoms with van der Waals surface area (Å²) < 4.78 is 0. The molecule has 1 heterocycles. The second kappa shape index (κ2) is 8.98. The van der Waals surface area contributed by atoms with E-state index in [0.717, 1.165) is 22.5 Å². The average molecular weight is 429 g/mol. The molecule has 0 spiro atoms. The smallest absolute Gasteiger partial charge is 0.255 e. The molecule has 2 N–H and O–H groups in total. The number of halogens is 1. The first kappa shape index (κ1) is 20.6. The maximum absolute atomic E-state index is 12.7. The summed E-state index contributed by atoms with van der Waals surface area (Å²) >= 11 is 6.15. The van der Waals surface area contributed by atoms with Crippen molar-refractivity contribution in [1.82, 2.24) is 9.97 Å². The van der Waals surface area contributed by atoms with E-state index in [4.69, 9.17) is 11.6 Å². The van der Waals surface area contributed by atoms with E-state index in [1.807, 2.05) is 68.4 Å². The summed E-state index contributed by atoms with van der Waals surface area (Å²) in [7, 11) is 0. The van der Waals surface area contributed by atoms with Gasteiger partial charge < -0.3 is 10.6 Å². The van der Waals surface area contributed by atoms with Gasteiger partial charge in [-0.2, -0.15) is 0 Å². The van der Waals surface area contributed by atoms with Gasteiger partial charge in [0.1, 0.15) is 12.1 Å². The van der Waals surface area contributed by atoms with Gasteiger partial charge in [-0.25, -0.2) is 9.97 Å². The minimum atomic E-state index is -0.216. The second-order valence-electron chi connectivity index (χ2n) is 7.28. The number of hydrogen-bond acceptors (Lipinski definition) is 4. The molecule has 0 aliphatic rings. The predicted octanol–water partition coefficient (Wildman–Crippen LogP) is 6.41. The van der Waals surface area contributed by atoms with Crippen LogP contribution in [0.4, 0.5) is 17.2 Å². The summed E-state index contributed by atoms with van der Waals surface area (Å²) in [6.07, 6.45) is 1.52. The van der Waals surface area contributed by atoms with Crippen LogP contribution < -0.4 is 10.6 Å². The van der Waals surface area contributed by atoms with Crippen molar-refractivity contribution in [2.24, 2.45) is 0 Å². The van der Waals surface area contributed by atoms with E-state index in [2.05, 4.69) is 20.6 Å². The number of aromatic nitrogens is 2. The van der Waals surface area contributed by atoms with Crippen molar-refractivity contribution in [2.45, 2.75) is 13.8 Å². The Balaban J connectivity index is 1.51. The van der Waals surface area contributed by atoms with E-state index in [9.17, 15) is 4.79 Å². The molecule has 3 aromatic carbocycles. The van der Waals surface area contributed by atoms with Gasteiger partial charge in [-0.3, -0.25) is 4.79 Å². The highest BCUT2D eigenvalue weighted by atomic mass is 35.5. The standard InChI is InChI=1S/C25H21ClN4O/c1-16-6-9-18(10-7-16)23-14-24(28-15-27-23)29-20-5-3-4-19(12-20)25(31)30-21-11-8-17(2)22(26)13-21/h3-15H,1-2H3,(H,30,31)(H,27,28,29). The molecule has 0 bridgehead atoms. The van der Waals surface area contributed by atoms with Gasteiger partial charge in [-0.15, -0.1) is 0 Å². The van der Waals surface area contributed by atoms with Gasteiger partial charge in [-0.1, -0.05) is 53.6 Å². The van der Waals surface area contributed by atoms with Crippen molar-refractivity contribution in [3.63, 3.8) is 0 Å². The van der Waals surface area contributed by atoms with Crippen LogP contribution >= 0.6 is 11.6 Å². The minimum Gasteiger partial charge on any atom is -0.340 e. The van der Waals surface area contributed by atoms with Crippen LogP contribution in [0.15, 0.2) is 79.1 Å². The molecule has 0 aliphatic heterocycles. The van der Waals surface area contributed by atoms with E-state index in [1.54, 1.807) is 18.2 Å². The van der Waals surface area contributed by atoms with E-state index >= 15 is 0 Å². The van der Waals surface area contributed by atoms with Crippen LogP contribution in [0.2, 0.25) is 5.02 Å². The highest BCUT2D eigenvalue weighted by Gasteiger charge is 2.09. The Hall–Kier alpha value is -3.70. The lowest BCUT2D eigenvalue weighted by Gasteiger charge is -2.10. The molecular formula is C25H21ClN4O.